The number of hydrogen-bond acceptors (Lipinski definition) is 5. The largest absolute Gasteiger partial charge is 0.396 e. The number of hydrogen-bond donors (Lipinski definition) is 2. The fourth-order valence-electron chi connectivity index (χ4n) is 1.33. The lowest BCUT2D eigenvalue weighted by Gasteiger charge is -2.16. The molecule has 0 aliphatic carbocycles. The molecule has 100 valence electrons. The zero-order valence-electron chi connectivity index (χ0n) is 9.69. The van der Waals surface area contributed by atoms with Crippen LogP contribution in [0.2, 0.25) is 10.3 Å². The molecule has 18 heavy (non-hydrogen) atoms. The number of halogens is 2. The van der Waals surface area contributed by atoms with Crippen LogP contribution in [0.25, 0.3) is 0 Å². The summed E-state index contributed by atoms with van der Waals surface area (Å²) < 4.78 is 4.93. The van der Waals surface area contributed by atoms with Gasteiger partial charge in [0.2, 0.25) is 0 Å². The van der Waals surface area contributed by atoms with Crippen molar-refractivity contribution in [3.05, 3.63) is 21.9 Å². The molecule has 1 atom stereocenters. The summed E-state index contributed by atoms with van der Waals surface area (Å²) in [5, 5.41) is 18.6. The van der Waals surface area contributed by atoms with Crippen LogP contribution in [-0.4, -0.2) is 47.6 Å². The van der Waals surface area contributed by atoms with Gasteiger partial charge < -0.3 is 15.2 Å². The average molecular weight is 294 g/mol. The Bertz CT molecular complexity index is 411. The number of aliphatic hydroxyl groups is 1. The fraction of sp³-hybridized carbons (Fsp3) is 0.500. The summed E-state index contributed by atoms with van der Waals surface area (Å²) in [4.78, 5) is 11.9. The van der Waals surface area contributed by atoms with Crippen LogP contribution in [-0.2, 0) is 4.74 Å². The van der Waals surface area contributed by atoms with Crippen molar-refractivity contribution in [3.63, 3.8) is 0 Å². The molecular weight excluding hydrogens is 281 g/mol. The van der Waals surface area contributed by atoms with Crippen LogP contribution in [0.5, 0.6) is 0 Å². The Morgan fingerprint density at radius 2 is 2.28 bits per heavy atom. The maximum atomic E-state index is 11.9. The Labute approximate surface area is 114 Å². The van der Waals surface area contributed by atoms with Crippen LogP contribution >= 0.6 is 23.2 Å². The van der Waals surface area contributed by atoms with Crippen LogP contribution in [0, 0.1) is 0 Å². The molecule has 0 aliphatic rings. The zero-order valence-corrected chi connectivity index (χ0v) is 11.2. The lowest BCUT2D eigenvalue weighted by Crippen LogP contribution is -2.38. The molecule has 1 aromatic heterocycles. The summed E-state index contributed by atoms with van der Waals surface area (Å²) in [5.41, 5.74) is 0.135. The molecule has 0 saturated heterocycles. The van der Waals surface area contributed by atoms with E-state index < -0.39 is 5.91 Å². The molecule has 0 aromatic carbocycles. The van der Waals surface area contributed by atoms with E-state index in [0.29, 0.717) is 6.42 Å². The number of methoxy groups -OCH3 is 1. The van der Waals surface area contributed by atoms with Crippen molar-refractivity contribution in [1.82, 2.24) is 15.5 Å². The Balaban J connectivity index is 2.76. The molecule has 0 fully saturated rings. The van der Waals surface area contributed by atoms with Crippen molar-refractivity contribution in [1.29, 1.82) is 0 Å². The molecular formula is C10H13Cl2N3O3. The number of carbonyl (C=O) groups excluding carboxylic acids is 1. The quantitative estimate of drug-likeness (QED) is 0.814. The molecule has 0 saturated carbocycles. The minimum absolute atomic E-state index is 0.0305. The SMILES string of the molecule is COCC(CCO)NC(=O)c1cc(Cl)nnc1Cl. The van der Waals surface area contributed by atoms with Crippen molar-refractivity contribution in [2.45, 2.75) is 12.5 Å². The summed E-state index contributed by atoms with van der Waals surface area (Å²) in [6.07, 6.45) is 0.378. The first kappa shape index (κ1) is 15.1. The van der Waals surface area contributed by atoms with Gasteiger partial charge >= 0.3 is 0 Å². The molecule has 8 heteroatoms. The lowest BCUT2D eigenvalue weighted by molar-refractivity contribution is 0.0878. The predicted octanol–water partition coefficient (Wildman–Crippen LogP) is 0.911. The van der Waals surface area contributed by atoms with Crippen molar-refractivity contribution in [2.24, 2.45) is 0 Å². The second-order valence-corrected chi connectivity index (χ2v) is 4.25. The highest BCUT2D eigenvalue weighted by Crippen LogP contribution is 2.15. The Hall–Kier alpha value is -0.950. The van der Waals surface area contributed by atoms with Crippen LogP contribution in [0.15, 0.2) is 6.07 Å². The summed E-state index contributed by atoms with van der Waals surface area (Å²) >= 11 is 11.4. The first-order valence-corrected chi connectivity index (χ1v) is 5.93. The Morgan fingerprint density at radius 3 is 2.89 bits per heavy atom. The second-order valence-electron chi connectivity index (χ2n) is 3.51. The van der Waals surface area contributed by atoms with Crippen LogP contribution in [0.3, 0.4) is 0 Å². The lowest BCUT2D eigenvalue weighted by atomic mass is 10.2. The zero-order chi connectivity index (χ0) is 13.5. The third kappa shape index (κ3) is 4.38. The van der Waals surface area contributed by atoms with Gasteiger partial charge in [0.15, 0.2) is 10.3 Å². The van der Waals surface area contributed by atoms with E-state index in [1.807, 2.05) is 0 Å². The number of amides is 1. The number of rotatable bonds is 6. The molecule has 0 spiro atoms. The third-order valence-electron chi connectivity index (χ3n) is 2.14. The van der Waals surface area contributed by atoms with Gasteiger partial charge in [-0.25, -0.2) is 0 Å². The van der Waals surface area contributed by atoms with Crippen molar-refractivity contribution in [3.8, 4) is 0 Å². The number of ether oxygens (including phenoxy) is 1. The maximum Gasteiger partial charge on any atom is 0.254 e. The average Bonchev–Trinajstić information content (AvgIpc) is 2.33. The highest BCUT2D eigenvalue weighted by molar-refractivity contribution is 6.34. The smallest absolute Gasteiger partial charge is 0.254 e. The first-order chi connectivity index (χ1) is 8.58. The van der Waals surface area contributed by atoms with Crippen LogP contribution in [0.1, 0.15) is 16.8 Å². The second kappa shape index (κ2) is 7.48. The normalized spacial score (nSPS) is 12.2. The van der Waals surface area contributed by atoms with E-state index in [4.69, 9.17) is 33.0 Å². The number of nitrogens with one attached hydrogen (secondary N) is 1. The van der Waals surface area contributed by atoms with E-state index in [1.165, 1.54) is 13.2 Å². The minimum Gasteiger partial charge on any atom is -0.396 e. The molecule has 2 N–H and O–H groups in total. The summed E-state index contributed by atoms with van der Waals surface area (Å²) in [7, 11) is 1.51. The molecule has 1 heterocycles. The van der Waals surface area contributed by atoms with E-state index in [-0.39, 0.29) is 35.1 Å². The van der Waals surface area contributed by atoms with Crippen LogP contribution < -0.4 is 5.32 Å². The summed E-state index contributed by atoms with van der Waals surface area (Å²) in [5.74, 6) is -0.438. The molecule has 0 bridgehead atoms. The highest BCUT2D eigenvalue weighted by atomic mass is 35.5. The number of aliphatic hydroxyl groups excluding tert-OH is 1. The minimum atomic E-state index is -0.438. The topological polar surface area (TPSA) is 84.3 Å². The van der Waals surface area contributed by atoms with Gasteiger partial charge in [-0.2, -0.15) is 0 Å². The monoisotopic (exact) mass is 293 g/mol. The predicted molar refractivity (Wildman–Crippen MR) is 66.9 cm³/mol. The molecule has 6 nitrogen and oxygen atoms in total. The van der Waals surface area contributed by atoms with Gasteiger partial charge in [0.25, 0.3) is 5.91 Å². The maximum absolute atomic E-state index is 11.9. The van der Waals surface area contributed by atoms with E-state index in [1.54, 1.807) is 0 Å². The number of carbonyl (C=O) groups is 1. The number of aromatic nitrogens is 2. The summed E-state index contributed by atoms with van der Waals surface area (Å²) in [6.45, 7) is 0.230. The molecule has 1 aromatic rings. The van der Waals surface area contributed by atoms with E-state index in [2.05, 4.69) is 15.5 Å². The van der Waals surface area contributed by atoms with Gasteiger partial charge in [0, 0.05) is 13.7 Å². The van der Waals surface area contributed by atoms with Gasteiger partial charge in [-0.3, -0.25) is 4.79 Å². The molecule has 1 rings (SSSR count). The standard InChI is InChI=1S/C10H13Cl2N3O3/c1-18-5-6(2-3-16)13-10(17)7-4-8(11)14-15-9(7)12/h4,6,16H,2-3,5H2,1H3,(H,13,17). The van der Waals surface area contributed by atoms with E-state index >= 15 is 0 Å². The summed E-state index contributed by atoms with van der Waals surface area (Å²) in [6, 6.07) is 1.02. The fourth-order valence-corrected chi connectivity index (χ4v) is 1.65. The number of nitrogens with zero attached hydrogens (tertiary/aromatic N) is 2. The van der Waals surface area contributed by atoms with Gasteiger partial charge in [-0.1, -0.05) is 23.2 Å². The van der Waals surface area contributed by atoms with Gasteiger partial charge in [0.05, 0.1) is 18.2 Å². The van der Waals surface area contributed by atoms with Gasteiger partial charge in [-0.15, -0.1) is 10.2 Å². The Morgan fingerprint density at radius 1 is 1.56 bits per heavy atom. The van der Waals surface area contributed by atoms with Crippen molar-refractivity contribution >= 4 is 29.1 Å². The molecule has 0 radical (unpaired) electrons. The van der Waals surface area contributed by atoms with E-state index in [9.17, 15) is 4.79 Å². The van der Waals surface area contributed by atoms with Crippen molar-refractivity contribution < 1.29 is 14.6 Å². The molecule has 1 amide bonds. The molecule has 0 aliphatic heterocycles. The first-order valence-electron chi connectivity index (χ1n) is 5.17. The van der Waals surface area contributed by atoms with E-state index in [0.717, 1.165) is 0 Å². The van der Waals surface area contributed by atoms with Gasteiger partial charge in [0.1, 0.15) is 0 Å². The van der Waals surface area contributed by atoms with Crippen LogP contribution in [0.4, 0.5) is 0 Å². The van der Waals surface area contributed by atoms with Crippen molar-refractivity contribution in [2.75, 3.05) is 20.3 Å². The third-order valence-corrected chi connectivity index (χ3v) is 2.61. The molecule has 1 unspecified atom stereocenters. The highest BCUT2D eigenvalue weighted by Gasteiger charge is 2.17. The Kier molecular flexibility index (Phi) is 6.28. The van der Waals surface area contributed by atoms with Gasteiger partial charge in [-0.05, 0) is 12.5 Å².